The van der Waals surface area contributed by atoms with E-state index >= 15 is 0 Å². The molecule has 124 valence electrons. The summed E-state index contributed by atoms with van der Waals surface area (Å²) < 4.78 is 0. The number of carbonyl (C=O) groups excluding carboxylic acids is 1. The van der Waals surface area contributed by atoms with Crippen molar-refractivity contribution in [1.29, 1.82) is 0 Å². The molecule has 24 heavy (non-hydrogen) atoms. The molecule has 4 nitrogen and oxygen atoms in total. The Morgan fingerprint density at radius 3 is 2.96 bits per heavy atom. The molecule has 0 aliphatic carbocycles. The van der Waals surface area contributed by atoms with Gasteiger partial charge in [-0.05, 0) is 55.0 Å². The van der Waals surface area contributed by atoms with E-state index in [2.05, 4.69) is 47.0 Å². The summed E-state index contributed by atoms with van der Waals surface area (Å²) in [5, 5.41) is 6.44. The Hall–Kier alpha value is -2.49. The molecule has 0 aromatic heterocycles. The number of benzene rings is 2. The predicted molar refractivity (Wildman–Crippen MR) is 97.5 cm³/mol. The van der Waals surface area contributed by atoms with Gasteiger partial charge >= 0.3 is 6.03 Å². The fourth-order valence-electron chi connectivity index (χ4n) is 3.78. The fraction of sp³-hybridized carbons (Fsp3) is 0.350. The van der Waals surface area contributed by atoms with E-state index in [1.807, 2.05) is 17.0 Å². The molecule has 4 rings (SSSR count). The van der Waals surface area contributed by atoms with Crippen molar-refractivity contribution >= 4 is 17.4 Å². The molecular formula is C20H23N3O. The number of hydrogen-bond acceptors (Lipinski definition) is 2. The van der Waals surface area contributed by atoms with Crippen LogP contribution in [0.15, 0.2) is 48.5 Å². The number of carbonyl (C=O) groups is 1. The SMILES string of the molecule is O=C(Nc1ccc2c(c1)CCN2)N1CCCC1Cc1ccccc1. The van der Waals surface area contributed by atoms with Crippen LogP contribution in [0.3, 0.4) is 0 Å². The number of fused-ring (bicyclic) bond motifs is 1. The standard InChI is InChI=1S/C20H23N3O/c24-20(22-17-8-9-19-16(14-17)10-11-21-19)23-12-4-7-18(23)13-15-5-2-1-3-6-15/h1-3,5-6,8-9,14,18,21H,4,7,10-13H2,(H,22,24). The summed E-state index contributed by atoms with van der Waals surface area (Å²) >= 11 is 0. The summed E-state index contributed by atoms with van der Waals surface area (Å²) in [6, 6.07) is 16.9. The third-order valence-electron chi connectivity index (χ3n) is 5.02. The van der Waals surface area contributed by atoms with Gasteiger partial charge in [0.1, 0.15) is 0 Å². The minimum Gasteiger partial charge on any atom is -0.384 e. The van der Waals surface area contributed by atoms with Gasteiger partial charge in [-0.2, -0.15) is 0 Å². The van der Waals surface area contributed by atoms with E-state index in [9.17, 15) is 4.79 Å². The molecule has 2 amide bonds. The summed E-state index contributed by atoms with van der Waals surface area (Å²) in [5.41, 5.74) is 4.67. The molecule has 0 spiro atoms. The van der Waals surface area contributed by atoms with E-state index in [-0.39, 0.29) is 6.03 Å². The van der Waals surface area contributed by atoms with Gasteiger partial charge in [0.15, 0.2) is 0 Å². The molecule has 0 bridgehead atoms. The predicted octanol–water partition coefficient (Wildman–Crippen LogP) is 3.89. The highest BCUT2D eigenvalue weighted by molar-refractivity contribution is 5.90. The molecule has 1 fully saturated rings. The zero-order valence-corrected chi connectivity index (χ0v) is 13.8. The van der Waals surface area contributed by atoms with Crippen LogP contribution < -0.4 is 10.6 Å². The van der Waals surface area contributed by atoms with Gasteiger partial charge in [-0.15, -0.1) is 0 Å². The number of urea groups is 1. The lowest BCUT2D eigenvalue weighted by Crippen LogP contribution is -2.39. The van der Waals surface area contributed by atoms with Crippen LogP contribution >= 0.6 is 0 Å². The molecule has 2 aromatic rings. The molecule has 0 radical (unpaired) electrons. The maximum atomic E-state index is 12.7. The fourth-order valence-corrected chi connectivity index (χ4v) is 3.78. The minimum atomic E-state index is 0.0272. The molecule has 1 atom stereocenters. The molecule has 2 heterocycles. The number of amides is 2. The second-order valence-electron chi connectivity index (χ2n) is 6.66. The number of likely N-dealkylation sites (tertiary alicyclic amines) is 1. The third kappa shape index (κ3) is 3.09. The Balaban J connectivity index is 1.43. The van der Waals surface area contributed by atoms with Gasteiger partial charge in [-0.25, -0.2) is 4.79 Å². The largest absolute Gasteiger partial charge is 0.384 e. The average molecular weight is 321 g/mol. The summed E-state index contributed by atoms with van der Waals surface area (Å²) in [5.74, 6) is 0. The number of anilines is 2. The lowest BCUT2D eigenvalue weighted by molar-refractivity contribution is 0.206. The minimum absolute atomic E-state index is 0.0272. The van der Waals surface area contributed by atoms with Crippen LogP contribution in [0, 0.1) is 0 Å². The molecule has 4 heteroatoms. The van der Waals surface area contributed by atoms with E-state index in [1.165, 1.54) is 16.8 Å². The first-order chi connectivity index (χ1) is 11.8. The maximum absolute atomic E-state index is 12.7. The average Bonchev–Trinajstić information content (AvgIpc) is 3.24. The van der Waals surface area contributed by atoms with Crippen molar-refractivity contribution in [2.45, 2.75) is 31.7 Å². The molecular weight excluding hydrogens is 298 g/mol. The Bertz CT molecular complexity index is 729. The van der Waals surface area contributed by atoms with Gasteiger partial charge in [0, 0.05) is 30.5 Å². The van der Waals surface area contributed by atoms with Crippen LogP contribution in [-0.4, -0.2) is 30.1 Å². The first kappa shape index (κ1) is 15.1. The van der Waals surface area contributed by atoms with Gasteiger partial charge in [-0.1, -0.05) is 30.3 Å². The first-order valence-corrected chi connectivity index (χ1v) is 8.78. The lowest BCUT2D eigenvalue weighted by Gasteiger charge is -2.25. The van der Waals surface area contributed by atoms with Gasteiger partial charge in [-0.3, -0.25) is 0 Å². The van der Waals surface area contributed by atoms with Crippen LogP contribution in [0.25, 0.3) is 0 Å². The van der Waals surface area contributed by atoms with E-state index in [0.29, 0.717) is 6.04 Å². The summed E-state index contributed by atoms with van der Waals surface area (Å²) in [7, 11) is 0. The van der Waals surface area contributed by atoms with Crippen LogP contribution in [0.4, 0.5) is 16.2 Å². The van der Waals surface area contributed by atoms with Gasteiger partial charge in [0.2, 0.25) is 0 Å². The number of nitrogens with zero attached hydrogens (tertiary/aromatic N) is 1. The molecule has 2 aromatic carbocycles. The second kappa shape index (κ2) is 6.56. The smallest absolute Gasteiger partial charge is 0.322 e. The first-order valence-electron chi connectivity index (χ1n) is 8.78. The Kier molecular flexibility index (Phi) is 4.11. The third-order valence-corrected chi connectivity index (χ3v) is 5.02. The molecule has 2 N–H and O–H groups in total. The van der Waals surface area contributed by atoms with Crippen molar-refractivity contribution in [3.05, 3.63) is 59.7 Å². The monoisotopic (exact) mass is 321 g/mol. The highest BCUT2D eigenvalue weighted by Crippen LogP contribution is 2.27. The summed E-state index contributed by atoms with van der Waals surface area (Å²) in [4.78, 5) is 14.7. The summed E-state index contributed by atoms with van der Waals surface area (Å²) in [6.45, 7) is 1.83. The highest BCUT2D eigenvalue weighted by atomic mass is 16.2. The van der Waals surface area contributed by atoms with Crippen molar-refractivity contribution in [1.82, 2.24) is 4.90 Å². The topological polar surface area (TPSA) is 44.4 Å². The van der Waals surface area contributed by atoms with Crippen molar-refractivity contribution in [3.63, 3.8) is 0 Å². The number of nitrogens with one attached hydrogen (secondary N) is 2. The van der Waals surface area contributed by atoms with Crippen molar-refractivity contribution in [2.24, 2.45) is 0 Å². The Morgan fingerprint density at radius 1 is 1.21 bits per heavy atom. The lowest BCUT2D eigenvalue weighted by atomic mass is 10.0. The zero-order valence-electron chi connectivity index (χ0n) is 13.8. The Morgan fingerprint density at radius 2 is 2.08 bits per heavy atom. The van der Waals surface area contributed by atoms with E-state index < -0.39 is 0 Å². The van der Waals surface area contributed by atoms with Crippen LogP contribution in [-0.2, 0) is 12.8 Å². The molecule has 1 saturated heterocycles. The van der Waals surface area contributed by atoms with Crippen LogP contribution in [0.2, 0.25) is 0 Å². The number of rotatable bonds is 3. The highest BCUT2D eigenvalue weighted by Gasteiger charge is 2.29. The maximum Gasteiger partial charge on any atom is 0.322 e. The second-order valence-corrected chi connectivity index (χ2v) is 6.66. The molecule has 2 aliphatic heterocycles. The summed E-state index contributed by atoms with van der Waals surface area (Å²) in [6.07, 6.45) is 4.12. The van der Waals surface area contributed by atoms with E-state index in [4.69, 9.17) is 0 Å². The van der Waals surface area contributed by atoms with Crippen LogP contribution in [0.1, 0.15) is 24.0 Å². The quantitative estimate of drug-likeness (QED) is 0.900. The zero-order chi connectivity index (χ0) is 16.4. The van der Waals surface area contributed by atoms with Gasteiger partial charge in [0.25, 0.3) is 0 Å². The van der Waals surface area contributed by atoms with Crippen LogP contribution in [0.5, 0.6) is 0 Å². The Labute approximate surface area is 142 Å². The van der Waals surface area contributed by atoms with Crippen molar-refractivity contribution in [2.75, 3.05) is 23.7 Å². The molecule has 2 aliphatic rings. The molecule has 1 unspecified atom stereocenters. The van der Waals surface area contributed by atoms with Crippen molar-refractivity contribution in [3.8, 4) is 0 Å². The van der Waals surface area contributed by atoms with E-state index in [0.717, 1.165) is 44.5 Å². The van der Waals surface area contributed by atoms with Gasteiger partial charge < -0.3 is 15.5 Å². The van der Waals surface area contributed by atoms with Gasteiger partial charge in [0.05, 0.1) is 0 Å². The number of hydrogen-bond donors (Lipinski definition) is 2. The van der Waals surface area contributed by atoms with Crippen molar-refractivity contribution < 1.29 is 4.79 Å². The molecule has 0 saturated carbocycles. The van der Waals surface area contributed by atoms with E-state index in [1.54, 1.807) is 0 Å². The normalized spacial score (nSPS) is 19.0.